The molecule has 1 aliphatic heterocycles. The summed E-state index contributed by atoms with van der Waals surface area (Å²) in [6.45, 7) is 5.63. The van der Waals surface area contributed by atoms with Crippen molar-refractivity contribution in [2.45, 2.75) is 49.7 Å². The number of nitrogens with one attached hydrogen (secondary N) is 1. The molecule has 0 spiro atoms. The van der Waals surface area contributed by atoms with E-state index in [2.05, 4.69) is 48.6 Å². The van der Waals surface area contributed by atoms with Gasteiger partial charge in [-0.3, -0.25) is 0 Å². The van der Waals surface area contributed by atoms with E-state index in [4.69, 9.17) is 6.42 Å². The van der Waals surface area contributed by atoms with E-state index in [0.29, 0.717) is 6.04 Å². The van der Waals surface area contributed by atoms with Gasteiger partial charge in [0, 0.05) is 34.5 Å². The first-order valence-electron chi connectivity index (χ1n) is 6.19. The first-order chi connectivity index (χ1) is 7.79. The summed E-state index contributed by atoms with van der Waals surface area (Å²) in [6, 6.07) is 0.645. The lowest BCUT2D eigenvalue weighted by Gasteiger charge is -2.35. The van der Waals surface area contributed by atoms with Crippen LogP contribution in [0.1, 0.15) is 33.1 Å². The van der Waals surface area contributed by atoms with E-state index in [-0.39, 0.29) is 0 Å². The van der Waals surface area contributed by atoms with Crippen LogP contribution in [0, 0.1) is 12.3 Å². The Bertz CT molecular complexity index is 224. The fourth-order valence-corrected chi connectivity index (χ4v) is 5.16. The summed E-state index contributed by atoms with van der Waals surface area (Å²) in [4.78, 5) is 0. The molecule has 3 heteroatoms. The minimum absolute atomic E-state index is 0.645. The molecule has 0 aromatic rings. The SMILES string of the molecule is C#CCCCC(NCC)C1SCCSC1C. The number of rotatable bonds is 6. The molecule has 3 unspecified atom stereocenters. The van der Waals surface area contributed by atoms with Crippen LogP contribution in [0.25, 0.3) is 0 Å². The van der Waals surface area contributed by atoms with Gasteiger partial charge in [0.15, 0.2) is 0 Å². The normalized spacial score (nSPS) is 27.3. The summed E-state index contributed by atoms with van der Waals surface area (Å²) in [7, 11) is 0. The molecule has 1 aliphatic rings. The molecule has 1 N–H and O–H groups in total. The van der Waals surface area contributed by atoms with Crippen molar-refractivity contribution in [3.05, 3.63) is 0 Å². The van der Waals surface area contributed by atoms with Crippen LogP contribution >= 0.6 is 23.5 Å². The van der Waals surface area contributed by atoms with E-state index in [1.54, 1.807) is 0 Å². The Balaban J connectivity index is 2.43. The Hall–Kier alpha value is 0.220. The Labute approximate surface area is 109 Å². The molecule has 0 amide bonds. The maximum atomic E-state index is 5.31. The monoisotopic (exact) mass is 257 g/mol. The topological polar surface area (TPSA) is 12.0 Å². The van der Waals surface area contributed by atoms with Gasteiger partial charge in [-0.15, -0.1) is 12.3 Å². The Morgan fingerprint density at radius 2 is 2.19 bits per heavy atom. The smallest absolute Gasteiger partial charge is 0.0317 e. The van der Waals surface area contributed by atoms with E-state index in [1.165, 1.54) is 17.9 Å². The van der Waals surface area contributed by atoms with Gasteiger partial charge in [0.2, 0.25) is 0 Å². The molecule has 0 saturated carbocycles. The maximum absolute atomic E-state index is 5.31. The van der Waals surface area contributed by atoms with E-state index >= 15 is 0 Å². The summed E-state index contributed by atoms with van der Waals surface area (Å²) in [5, 5.41) is 5.17. The van der Waals surface area contributed by atoms with Gasteiger partial charge in [-0.25, -0.2) is 0 Å². The highest BCUT2D eigenvalue weighted by Crippen LogP contribution is 2.34. The van der Waals surface area contributed by atoms with Crippen molar-refractivity contribution in [2.24, 2.45) is 0 Å². The zero-order valence-electron chi connectivity index (χ0n) is 10.4. The van der Waals surface area contributed by atoms with Crippen molar-refractivity contribution in [3.63, 3.8) is 0 Å². The van der Waals surface area contributed by atoms with E-state index in [1.807, 2.05) is 0 Å². The molecule has 3 atom stereocenters. The lowest BCUT2D eigenvalue weighted by atomic mass is 10.0. The van der Waals surface area contributed by atoms with Crippen LogP contribution in [0.2, 0.25) is 0 Å². The highest BCUT2D eigenvalue weighted by molar-refractivity contribution is 8.07. The summed E-state index contributed by atoms with van der Waals surface area (Å²) in [5.41, 5.74) is 0. The summed E-state index contributed by atoms with van der Waals surface area (Å²) in [6.07, 6.45) is 8.61. The first-order valence-corrected chi connectivity index (χ1v) is 8.29. The van der Waals surface area contributed by atoms with E-state index in [9.17, 15) is 0 Å². The number of hydrogen-bond acceptors (Lipinski definition) is 3. The van der Waals surface area contributed by atoms with Gasteiger partial charge in [0.05, 0.1) is 0 Å². The number of hydrogen-bond donors (Lipinski definition) is 1. The second-order valence-corrected chi connectivity index (χ2v) is 6.94. The first kappa shape index (κ1) is 14.3. The van der Waals surface area contributed by atoms with Crippen LogP contribution in [-0.4, -0.2) is 34.6 Å². The second kappa shape index (κ2) is 8.33. The highest BCUT2D eigenvalue weighted by Gasteiger charge is 2.29. The second-order valence-electron chi connectivity index (χ2n) is 4.17. The Kier molecular flexibility index (Phi) is 7.44. The lowest BCUT2D eigenvalue weighted by molar-refractivity contribution is 0.463. The maximum Gasteiger partial charge on any atom is 0.0317 e. The molecule has 0 aromatic heterocycles. The highest BCUT2D eigenvalue weighted by atomic mass is 32.2. The number of thioether (sulfide) groups is 2. The zero-order chi connectivity index (χ0) is 11.8. The predicted octanol–water partition coefficient (Wildman–Crippen LogP) is 3.01. The molecule has 1 heterocycles. The Morgan fingerprint density at radius 3 is 2.81 bits per heavy atom. The van der Waals surface area contributed by atoms with Crippen molar-refractivity contribution in [3.8, 4) is 12.3 Å². The summed E-state index contributed by atoms with van der Waals surface area (Å²) < 4.78 is 0. The average Bonchev–Trinajstić information content (AvgIpc) is 2.29. The van der Waals surface area contributed by atoms with Crippen molar-refractivity contribution in [2.75, 3.05) is 18.1 Å². The predicted molar refractivity (Wildman–Crippen MR) is 78.3 cm³/mol. The molecule has 1 rings (SSSR count). The minimum Gasteiger partial charge on any atom is -0.313 e. The van der Waals surface area contributed by atoms with Crippen LogP contribution in [0.3, 0.4) is 0 Å². The molecular weight excluding hydrogens is 234 g/mol. The van der Waals surface area contributed by atoms with Crippen LogP contribution in [-0.2, 0) is 0 Å². The van der Waals surface area contributed by atoms with Crippen molar-refractivity contribution in [1.29, 1.82) is 0 Å². The van der Waals surface area contributed by atoms with Crippen molar-refractivity contribution < 1.29 is 0 Å². The van der Waals surface area contributed by atoms with Gasteiger partial charge in [0.1, 0.15) is 0 Å². The van der Waals surface area contributed by atoms with Crippen LogP contribution in [0.15, 0.2) is 0 Å². The summed E-state index contributed by atoms with van der Waals surface area (Å²) >= 11 is 4.26. The van der Waals surface area contributed by atoms with Crippen LogP contribution < -0.4 is 5.32 Å². The minimum atomic E-state index is 0.645. The third kappa shape index (κ3) is 4.61. The van der Waals surface area contributed by atoms with Crippen LogP contribution in [0.4, 0.5) is 0 Å². The molecule has 0 aliphatic carbocycles. The molecule has 0 aromatic carbocycles. The fourth-order valence-electron chi connectivity index (χ4n) is 2.16. The fraction of sp³-hybridized carbons (Fsp3) is 0.846. The van der Waals surface area contributed by atoms with Crippen molar-refractivity contribution in [1.82, 2.24) is 5.32 Å². The molecule has 1 fully saturated rings. The van der Waals surface area contributed by atoms with Crippen molar-refractivity contribution >= 4 is 23.5 Å². The summed E-state index contributed by atoms with van der Waals surface area (Å²) in [5.74, 6) is 5.35. The largest absolute Gasteiger partial charge is 0.313 e. The molecule has 16 heavy (non-hydrogen) atoms. The Morgan fingerprint density at radius 1 is 1.44 bits per heavy atom. The third-order valence-electron chi connectivity index (χ3n) is 2.94. The molecular formula is C13H23NS2. The molecule has 0 bridgehead atoms. The number of terminal acetylenes is 1. The van der Waals surface area contributed by atoms with Gasteiger partial charge in [0.25, 0.3) is 0 Å². The third-order valence-corrected chi connectivity index (χ3v) is 6.19. The average molecular weight is 257 g/mol. The van der Waals surface area contributed by atoms with Gasteiger partial charge in [-0.2, -0.15) is 23.5 Å². The zero-order valence-corrected chi connectivity index (χ0v) is 12.0. The molecule has 1 nitrogen and oxygen atoms in total. The van der Waals surface area contributed by atoms with E-state index in [0.717, 1.165) is 29.9 Å². The quantitative estimate of drug-likeness (QED) is 0.580. The van der Waals surface area contributed by atoms with E-state index < -0.39 is 0 Å². The van der Waals surface area contributed by atoms with Gasteiger partial charge in [-0.1, -0.05) is 13.8 Å². The molecule has 1 saturated heterocycles. The van der Waals surface area contributed by atoms with Gasteiger partial charge >= 0.3 is 0 Å². The molecule has 0 radical (unpaired) electrons. The standard InChI is InChI=1S/C13H23NS2/c1-4-6-7-8-12(14-5-2)13-11(3)15-9-10-16-13/h1,11-14H,5-10H2,2-3H3. The number of unbranched alkanes of at least 4 members (excludes halogenated alkanes) is 1. The van der Waals surface area contributed by atoms with Crippen LogP contribution in [0.5, 0.6) is 0 Å². The van der Waals surface area contributed by atoms with Gasteiger partial charge < -0.3 is 5.32 Å². The van der Waals surface area contributed by atoms with Gasteiger partial charge in [-0.05, 0) is 19.4 Å². The lowest BCUT2D eigenvalue weighted by Crippen LogP contribution is -2.44. The molecule has 92 valence electrons.